The number of thiazole rings is 1. The summed E-state index contributed by atoms with van der Waals surface area (Å²) in [6.45, 7) is 0.808. The Labute approximate surface area is 150 Å². The number of para-hydroxylation sites is 1. The maximum atomic E-state index is 12.7. The molecular formula is C19H20N4OS. The minimum Gasteiger partial charge on any atom is -0.359 e. The Hall–Kier alpha value is -2.47. The van der Waals surface area contributed by atoms with Crippen LogP contribution in [0.5, 0.6) is 0 Å². The molecule has 0 bridgehead atoms. The molecule has 0 atom stereocenters. The Morgan fingerprint density at radius 3 is 2.96 bits per heavy atom. The summed E-state index contributed by atoms with van der Waals surface area (Å²) in [5.41, 5.74) is 1.55. The van der Waals surface area contributed by atoms with Gasteiger partial charge in [0, 0.05) is 43.0 Å². The number of fused-ring (bicyclic) bond motifs is 1. The van der Waals surface area contributed by atoms with E-state index in [2.05, 4.69) is 15.2 Å². The molecule has 128 valence electrons. The van der Waals surface area contributed by atoms with Crippen molar-refractivity contribution in [1.29, 1.82) is 0 Å². The predicted octanol–water partition coefficient (Wildman–Crippen LogP) is 3.26. The molecule has 0 saturated heterocycles. The molecule has 1 N–H and O–H groups in total. The van der Waals surface area contributed by atoms with Crippen LogP contribution in [0.4, 0.5) is 5.82 Å². The first-order chi connectivity index (χ1) is 12.2. The summed E-state index contributed by atoms with van der Waals surface area (Å²) < 4.78 is 0. The number of hydrogen-bond acceptors (Lipinski definition) is 5. The van der Waals surface area contributed by atoms with Crippen molar-refractivity contribution in [2.24, 2.45) is 0 Å². The summed E-state index contributed by atoms with van der Waals surface area (Å²) in [5.74, 6) is 0.812. The number of pyridine rings is 1. The third kappa shape index (κ3) is 3.64. The van der Waals surface area contributed by atoms with Gasteiger partial charge in [-0.2, -0.15) is 0 Å². The molecule has 2 heterocycles. The minimum absolute atomic E-state index is 0.00401. The van der Waals surface area contributed by atoms with Gasteiger partial charge in [-0.25, -0.2) is 9.97 Å². The first-order valence-electron chi connectivity index (χ1n) is 8.51. The molecule has 0 aliphatic heterocycles. The highest BCUT2D eigenvalue weighted by atomic mass is 32.1. The van der Waals surface area contributed by atoms with E-state index >= 15 is 0 Å². The number of nitrogens with zero attached hydrogens (tertiary/aromatic N) is 3. The molecule has 4 rings (SSSR count). The van der Waals surface area contributed by atoms with E-state index < -0.39 is 0 Å². The summed E-state index contributed by atoms with van der Waals surface area (Å²) in [6.07, 6.45) is 4.85. The number of amides is 1. The SMILES string of the molecule is CN(CCc1nccs1)c1cc(C(=O)NC2CC2)c2ccccc2n1. The first-order valence-corrected chi connectivity index (χ1v) is 9.39. The van der Waals surface area contributed by atoms with Gasteiger partial charge in [0.2, 0.25) is 0 Å². The molecule has 5 nitrogen and oxygen atoms in total. The first kappa shape index (κ1) is 16.0. The predicted molar refractivity (Wildman–Crippen MR) is 101 cm³/mol. The Balaban J connectivity index is 1.62. The van der Waals surface area contributed by atoms with Crippen LogP contribution in [-0.2, 0) is 6.42 Å². The van der Waals surface area contributed by atoms with Gasteiger partial charge in [0.25, 0.3) is 5.91 Å². The molecule has 3 aromatic rings. The minimum atomic E-state index is -0.00401. The van der Waals surface area contributed by atoms with E-state index in [4.69, 9.17) is 4.98 Å². The molecule has 1 fully saturated rings. The van der Waals surface area contributed by atoms with Crippen LogP contribution in [0, 0.1) is 0 Å². The van der Waals surface area contributed by atoms with Gasteiger partial charge < -0.3 is 10.2 Å². The molecule has 0 spiro atoms. The maximum absolute atomic E-state index is 12.7. The second-order valence-corrected chi connectivity index (χ2v) is 7.37. The van der Waals surface area contributed by atoms with Crippen molar-refractivity contribution in [3.05, 3.63) is 52.5 Å². The number of anilines is 1. The number of rotatable bonds is 6. The van der Waals surface area contributed by atoms with Crippen LogP contribution in [0.3, 0.4) is 0 Å². The van der Waals surface area contributed by atoms with E-state index in [1.807, 2.05) is 49.0 Å². The fourth-order valence-electron chi connectivity index (χ4n) is 2.79. The fourth-order valence-corrected chi connectivity index (χ4v) is 3.40. The van der Waals surface area contributed by atoms with Crippen molar-refractivity contribution >= 4 is 34.0 Å². The summed E-state index contributed by atoms with van der Waals surface area (Å²) in [6, 6.07) is 10.1. The third-order valence-electron chi connectivity index (χ3n) is 4.40. The standard InChI is InChI=1S/C19H20N4OS/c1-23(10-8-18-20-9-11-25-18)17-12-15(19(24)21-13-6-7-13)14-4-2-3-5-16(14)22-17/h2-5,9,11-13H,6-8,10H2,1H3,(H,21,24). The molecule has 2 aromatic heterocycles. The fraction of sp³-hybridized carbons (Fsp3) is 0.316. The van der Waals surface area contributed by atoms with E-state index in [0.29, 0.717) is 11.6 Å². The van der Waals surface area contributed by atoms with Crippen LogP contribution >= 0.6 is 11.3 Å². The second kappa shape index (κ2) is 6.80. The van der Waals surface area contributed by atoms with Crippen molar-refractivity contribution in [2.75, 3.05) is 18.5 Å². The maximum Gasteiger partial charge on any atom is 0.252 e. The molecule has 0 radical (unpaired) electrons. The van der Waals surface area contributed by atoms with Gasteiger partial charge in [0.1, 0.15) is 5.82 Å². The molecule has 1 aliphatic carbocycles. The summed E-state index contributed by atoms with van der Waals surface area (Å²) >= 11 is 1.66. The van der Waals surface area contributed by atoms with Crippen LogP contribution in [0.1, 0.15) is 28.2 Å². The van der Waals surface area contributed by atoms with Crippen molar-refractivity contribution < 1.29 is 4.79 Å². The average molecular weight is 352 g/mol. The highest BCUT2D eigenvalue weighted by Gasteiger charge is 2.25. The lowest BCUT2D eigenvalue weighted by Crippen LogP contribution is -2.27. The smallest absolute Gasteiger partial charge is 0.252 e. The average Bonchev–Trinajstić information content (AvgIpc) is 3.29. The third-order valence-corrected chi connectivity index (χ3v) is 5.23. The molecule has 1 aliphatic rings. The van der Waals surface area contributed by atoms with E-state index in [1.54, 1.807) is 11.3 Å². The van der Waals surface area contributed by atoms with Gasteiger partial charge in [-0.05, 0) is 25.0 Å². The van der Waals surface area contributed by atoms with Crippen molar-refractivity contribution in [1.82, 2.24) is 15.3 Å². The zero-order valence-electron chi connectivity index (χ0n) is 14.1. The van der Waals surface area contributed by atoms with E-state index in [0.717, 1.165) is 47.5 Å². The molecule has 25 heavy (non-hydrogen) atoms. The lowest BCUT2D eigenvalue weighted by molar-refractivity contribution is 0.0952. The second-order valence-electron chi connectivity index (χ2n) is 6.39. The zero-order chi connectivity index (χ0) is 17.2. The molecule has 1 saturated carbocycles. The van der Waals surface area contributed by atoms with Gasteiger partial charge in [0.05, 0.1) is 16.1 Å². The number of carbonyl (C=O) groups is 1. The highest BCUT2D eigenvalue weighted by Crippen LogP contribution is 2.25. The summed E-state index contributed by atoms with van der Waals surface area (Å²) in [7, 11) is 2.01. The Kier molecular flexibility index (Phi) is 4.36. The molecular weight excluding hydrogens is 332 g/mol. The molecule has 1 amide bonds. The van der Waals surface area contributed by atoms with Crippen LogP contribution in [0.25, 0.3) is 10.9 Å². The Bertz CT molecular complexity index is 890. The van der Waals surface area contributed by atoms with Gasteiger partial charge in [-0.3, -0.25) is 4.79 Å². The zero-order valence-corrected chi connectivity index (χ0v) is 14.9. The summed E-state index contributed by atoms with van der Waals surface area (Å²) in [4.78, 5) is 23.8. The van der Waals surface area contributed by atoms with Crippen LogP contribution < -0.4 is 10.2 Å². The number of carbonyl (C=O) groups excluding carboxylic acids is 1. The molecule has 6 heteroatoms. The van der Waals surface area contributed by atoms with Gasteiger partial charge in [0.15, 0.2) is 0 Å². The number of nitrogens with one attached hydrogen (secondary N) is 1. The van der Waals surface area contributed by atoms with E-state index in [9.17, 15) is 4.79 Å². The largest absolute Gasteiger partial charge is 0.359 e. The van der Waals surface area contributed by atoms with Crippen LogP contribution in [0.2, 0.25) is 0 Å². The van der Waals surface area contributed by atoms with Gasteiger partial charge in [-0.15, -0.1) is 11.3 Å². The highest BCUT2D eigenvalue weighted by molar-refractivity contribution is 7.09. The Morgan fingerprint density at radius 2 is 2.20 bits per heavy atom. The number of likely N-dealkylation sites (N-methyl/N-ethyl adjacent to an activating group) is 1. The quantitative estimate of drug-likeness (QED) is 0.740. The molecule has 1 aromatic carbocycles. The molecule has 0 unspecified atom stereocenters. The lowest BCUT2D eigenvalue weighted by atomic mass is 10.1. The van der Waals surface area contributed by atoms with Crippen molar-refractivity contribution in [2.45, 2.75) is 25.3 Å². The Morgan fingerprint density at radius 1 is 1.36 bits per heavy atom. The lowest BCUT2D eigenvalue weighted by Gasteiger charge is -2.19. The van der Waals surface area contributed by atoms with Crippen molar-refractivity contribution in [3.63, 3.8) is 0 Å². The topological polar surface area (TPSA) is 58.1 Å². The monoisotopic (exact) mass is 352 g/mol. The van der Waals surface area contributed by atoms with Gasteiger partial charge in [-0.1, -0.05) is 18.2 Å². The summed E-state index contributed by atoms with van der Waals surface area (Å²) in [5, 5.41) is 7.09. The normalized spacial score (nSPS) is 13.8. The number of aromatic nitrogens is 2. The number of benzene rings is 1. The van der Waals surface area contributed by atoms with Gasteiger partial charge >= 0.3 is 0 Å². The van der Waals surface area contributed by atoms with Crippen LogP contribution in [0.15, 0.2) is 41.9 Å². The van der Waals surface area contributed by atoms with E-state index in [-0.39, 0.29) is 5.91 Å². The van der Waals surface area contributed by atoms with E-state index in [1.165, 1.54) is 0 Å². The van der Waals surface area contributed by atoms with Crippen molar-refractivity contribution in [3.8, 4) is 0 Å². The van der Waals surface area contributed by atoms with Crippen LogP contribution in [-0.4, -0.2) is 35.5 Å². The number of hydrogen-bond donors (Lipinski definition) is 1.